The first-order valence-electron chi connectivity index (χ1n) is 12.6. The Bertz CT molecular complexity index is 2010. The SMILES string of the molecule is Cc1ccc2nc(Oc3ccccc3)c(/C=C3/SC(=S)N(c4c(C)n(C)n(-c5ccccc5)c4=O)C3=O)c(=O)n2c1. The molecule has 0 radical (unpaired) electrons. The van der Waals surface area contributed by atoms with Crippen LogP contribution in [0, 0.1) is 13.8 Å². The first kappa shape index (κ1) is 26.5. The standard InChI is InChI=1S/C30H23N5O4S2/c1-18-14-15-24-31-26(39-21-12-8-5-9-13-21)22(27(36)33(24)17-18)16-23-28(37)34(30(40)41-23)25-19(2)32(3)35(29(25)38)20-10-6-4-7-11-20/h4-17H,1-3H3/b23-16+. The Balaban J connectivity index is 1.47. The average Bonchev–Trinajstić information content (AvgIpc) is 3.36. The molecule has 1 fully saturated rings. The molecule has 0 N–H and O–H groups in total. The van der Waals surface area contributed by atoms with Gasteiger partial charge in [-0.15, -0.1) is 0 Å². The summed E-state index contributed by atoms with van der Waals surface area (Å²) in [5.41, 5.74) is 1.94. The number of pyridine rings is 1. The number of hydrogen-bond acceptors (Lipinski definition) is 7. The van der Waals surface area contributed by atoms with E-state index < -0.39 is 11.5 Å². The molecule has 41 heavy (non-hydrogen) atoms. The topological polar surface area (TPSA) is 90.8 Å². The van der Waals surface area contributed by atoms with Gasteiger partial charge in [-0.2, -0.15) is 4.98 Å². The van der Waals surface area contributed by atoms with Gasteiger partial charge in [-0.25, -0.2) is 4.68 Å². The van der Waals surface area contributed by atoms with Gasteiger partial charge in [-0.3, -0.25) is 28.4 Å². The fourth-order valence-corrected chi connectivity index (χ4v) is 5.90. The van der Waals surface area contributed by atoms with Crippen LogP contribution >= 0.6 is 24.0 Å². The highest BCUT2D eigenvalue weighted by molar-refractivity contribution is 8.27. The van der Waals surface area contributed by atoms with Crippen molar-refractivity contribution in [2.45, 2.75) is 13.8 Å². The average molecular weight is 582 g/mol. The van der Waals surface area contributed by atoms with E-state index in [-0.39, 0.29) is 31.9 Å². The molecule has 9 nitrogen and oxygen atoms in total. The Kier molecular flexibility index (Phi) is 6.68. The molecule has 0 aliphatic carbocycles. The van der Waals surface area contributed by atoms with Gasteiger partial charge in [0, 0.05) is 13.2 Å². The molecule has 6 rings (SSSR count). The molecule has 204 valence electrons. The zero-order valence-electron chi connectivity index (χ0n) is 22.3. The quantitative estimate of drug-likeness (QED) is 0.213. The van der Waals surface area contributed by atoms with Gasteiger partial charge in [0.2, 0.25) is 5.88 Å². The van der Waals surface area contributed by atoms with E-state index in [2.05, 4.69) is 4.98 Å². The second kappa shape index (κ2) is 10.3. The molecule has 0 bridgehead atoms. The first-order chi connectivity index (χ1) is 19.7. The minimum absolute atomic E-state index is 0.0534. The number of benzene rings is 2. The van der Waals surface area contributed by atoms with Crippen LogP contribution in [0.2, 0.25) is 0 Å². The number of aromatic nitrogens is 4. The van der Waals surface area contributed by atoms with Crippen molar-refractivity contribution in [3.8, 4) is 17.3 Å². The van der Waals surface area contributed by atoms with Crippen molar-refractivity contribution >= 4 is 51.6 Å². The molecule has 0 spiro atoms. The van der Waals surface area contributed by atoms with E-state index >= 15 is 0 Å². The van der Waals surface area contributed by atoms with Gasteiger partial charge in [0.05, 0.1) is 16.3 Å². The van der Waals surface area contributed by atoms with E-state index in [1.807, 2.05) is 61.5 Å². The van der Waals surface area contributed by atoms with Crippen molar-refractivity contribution in [2.24, 2.45) is 7.05 Å². The van der Waals surface area contributed by atoms with Crippen LogP contribution in [0.5, 0.6) is 11.6 Å². The summed E-state index contributed by atoms with van der Waals surface area (Å²) in [6.07, 6.45) is 3.12. The van der Waals surface area contributed by atoms with Gasteiger partial charge in [0.25, 0.3) is 17.0 Å². The molecular formula is C30H23N5O4S2. The molecule has 0 atom stereocenters. The van der Waals surface area contributed by atoms with Gasteiger partial charge in [-0.05, 0) is 55.8 Å². The summed E-state index contributed by atoms with van der Waals surface area (Å²) in [4.78, 5) is 47.1. The highest BCUT2D eigenvalue weighted by atomic mass is 32.2. The number of aryl methyl sites for hydroxylation is 1. The molecular weight excluding hydrogens is 558 g/mol. The lowest BCUT2D eigenvalue weighted by Crippen LogP contribution is -2.33. The maximum absolute atomic E-state index is 13.8. The maximum atomic E-state index is 13.8. The van der Waals surface area contributed by atoms with E-state index in [1.54, 1.807) is 43.0 Å². The number of rotatable bonds is 5. The number of hydrogen-bond donors (Lipinski definition) is 0. The molecule has 1 aliphatic rings. The van der Waals surface area contributed by atoms with Crippen LogP contribution in [0.15, 0.2) is 93.5 Å². The van der Waals surface area contributed by atoms with E-state index in [0.29, 0.717) is 22.8 Å². The van der Waals surface area contributed by atoms with Crippen molar-refractivity contribution in [3.05, 3.63) is 121 Å². The summed E-state index contributed by atoms with van der Waals surface area (Å²) >= 11 is 6.60. The van der Waals surface area contributed by atoms with Crippen molar-refractivity contribution in [1.29, 1.82) is 0 Å². The highest BCUT2D eigenvalue weighted by Gasteiger charge is 2.38. The fraction of sp³-hybridized carbons (Fsp3) is 0.100. The Hall–Kier alpha value is -4.74. The van der Waals surface area contributed by atoms with Crippen molar-refractivity contribution in [1.82, 2.24) is 18.7 Å². The van der Waals surface area contributed by atoms with E-state index in [4.69, 9.17) is 17.0 Å². The fourth-order valence-electron chi connectivity index (χ4n) is 4.64. The lowest BCUT2D eigenvalue weighted by atomic mass is 10.2. The number of thioether (sulfide) groups is 1. The maximum Gasteiger partial charge on any atom is 0.296 e. The van der Waals surface area contributed by atoms with Crippen LogP contribution in [0.25, 0.3) is 17.4 Å². The third kappa shape index (κ3) is 4.58. The Labute approximate surface area is 243 Å². The molecule has 4 heterocycles. The predicted molar refractivity (Wildman–Crippen MR) is 164 cm³/mol. The number of amides is 1. The van der Waals surface area contributed by atoms with Crippen molar-refractivity contribution in [2.75, 3.05) is 4.90 Å². The van der Waals surface area contributed by atoms with Gasteiger partial charge in [0.15, 0.2) is 4.32 Å². The highest BCUT2D eigenvalue weighted by Crippen LogP contribution is 2.37. The van der Waals surface area contributed by atoms with Crippen LogP contribution in [0.4, 0.5) is 5.69 Å². The zero-order chi connectivity index (χ0) is 28.8. The Morgan fingerprint density at radius 3 is 2.29 bits per heavy atom. The number of fused-ring (bicyclic) bond motifs is 1. The molecule has 0 unspecified atom stereocenters. The monoisotopic (exact) mass is 581 g/mol. The molecule has 1 saturated heterocycles. The van der Waals surface area contributed by atoms with Crippen LogP contribution in [0.3, 0.4) is 0 Å². The third-order valence-corrected chi connectivity index (χ3v) is 8.05. The summed E-state index contributed by atoms with van der Waals surface area (Å²) in [5, 5.41) is 0. The first-order valence-corrected chi connectivity index (χ1v) is 13.8. The van der Waals surface area contributed by atoms with E-state index in [0.717, 1.165) is 17.3 Å². The lowest BCUT2D eigenvalue weighted by molar-refractivity contribution is -0.113. The number of ether oxygens (including phenoxy) is 1. The molecule has 1 amide bonds. The van der Waals surface area contributed by atoms with E-state index in [1.165, 1.54) is 20.1 Å². The molecule has 3 aromatic heterocycles. The molecule has 1 aliphatic heterocycles. The second-order valence-corrected chi connectivity index (χ2v) is 11.1. The van der Waals surface area contributed by atoms with Crippen LogP contribution in [0.1, 0.15) is 16.8 Å². The van der Waals surface area contributed by atoms with Crippen LogP contribution in [-0.4, -0.2) is 29.0 Å². The van der Waals surface area contributed by atoms with Crippen LogP contribution < -0.4 is 20.8 Å². The van der Waals surface area contributed by atoms with Crippen molar-refractivity contribution < 1.29 is 9.53 Å². The predicted octanol–water partition coefficient (Wildman–Crippen LogP) is 5.00. The van der Waals surface area contributed by atoms with Gasteiger partial charge in [0.1, 0.15) is 22.6 Å². The zero-order valence-corrected chi connectivity index (χ0v) is 23.9. The minimum atomic E-state index is -0.509. The number of para-hydroxylation sites is 2. The minimum Gasteiger partial charge on any atom is -0.438 e. The second-order valence-electron chi connectivity index (χ2n) is 9.41. The largest absolute Gasteiger partial charge is 0.438 e. The van der Waals surface area contributed by atoms with Gasteiger partial charge >= 0.3 is 0 Å². The summed E-state index contributed by atoms with van der Waals surface area (Å²) in [5.74, 6) is 0.0301. The summed E-state index contributed by atoms with van der Waals surface area (Å²) in [6, 6.07) is 21.7. The summed E-state index contributed by atoms with van der Waals surface area (Å²) in [7, 11) is 1.75. The third-order valence-electron chi connectivity index (χ3n) is 6.74. The molecule has 5 aromatic rings. The summed E-state index contributed by atoms with van der Waals surface area (Å²) in [6.45, 7) is 3.63. The normalized spacial score (nSPS) is 14.4. The molecule has 2 aromatic carbocycles. The molecule has 0 saturated carbocycles. The van der Waals surface area contributed by atoms with E-state index in [9.17, 15) is 14.4 Å². The number of anilines is 1. The summed E-state index contributed by atoms with van der Waals surface area (Å²) < 4.78 is 10.8. The number of carbonyl (C=O) groups excluding carboxylic acids is 1. The smallest absolute Gasteiger partial charge is 0.296 e. The number of nitrogens with zero attached hydrogens (tertiary/aromatic N) is 5. The van der Waals surface area contributed by atoms with Crippen LogP contribution in [-0.2, 0) is 11.8 Å². The van der Waals surface area contributed by atoms with Gasteiger partial charge < -0.3 is 4.74 Å². The number of carbonyl (C=O) groups is 1. The van der Waals surface area contributed by atoms with Crippen molar-refractivity contribution in [3.63, 3.8) is 0 Å². The Morgan fingerprint density at radius 1 is 0.902 bits per heavy atom. The van der Waals surface area contributed by atoms with Gasteiger partial charge in [-0.1, -0.05) is 66.4 Å². The molecule has 11 heteroatoms. The Morgan fingerprint density at radius 2 is 1.59 bits per heavy atom. The number of thiocarbonyl (C=S) groups is 1. The lowest BCUT2D eigenvalue weighted by Gasteiger charge is -2.12.